The second-order valence-electron chi connectivity index (χ2n) is 5.99. The van der Waals surface area contributed by atoms with E-state index in [0.29, 0.717) is 27.4 Å². The van der Waals surface area contributed by atoms with E-state index in [9.17, 15) is 0 Å². The van der Waals surface area contributed by atoms with E-state index in [-0.39, 0.29) is 0 Å². The number of nitrogens with zero attached hydrogens (tertiary/aromatic N) is 2. The van der Waals surface area contributed by atoms with Gasteiger partial charge < -0.3 is 10.6 Å². The lowest BCUT2D eigenvalue weighted by atomic mass is 10.2. The molecule has 7 heteroatoms. The Balaban J connectivity index is 1.69. The van der Waals surface area contributed by atoms with E-state index in [0.717, 1.165) is 22.6 Å². The zero-order chi connectivity index (χ0) is 18.7. The summed E-state index contributed by atoms with van der Waals surface area (Å²) >= 11 is 17.5. The Morgan fingerprint density at radius 1 is 1.08 bits per heavy atom. The van der Waals surface area contributed by atoms with Gasteiger partial charge in [0.25, 0.3) is 0 Å². The Labute approximate surface area is 168 Å². The highest BCUT2D eigenvalue weighted by Crippen LogP contribution is 2.25. The standard InChI is InChI=1S/C19H18Cl2N4S/c1-12-8-13(2)25(24-12)11-14-4-3-5-16(9-14)22-19(26)23-18-10-15(20)6-7-17(18)21/h3-10H,11H2,1-2H3,(H2,22,23,26). The van der Waals surface area contributed by atoms with E-state index >= 15 is 0 Å². The second-order valence-corrected chi connectivity index (χ2v) is 7.24. The Morgan fingerprint density at radius 3 is 2.62 bits per heavy atom. The first-order chi connectivity index (χ1) is 12.4. The number of anilines is 2. The van der Waals surface area contributed by atoms with Gasteiger partial charge in [0, 0.05) is 16.4 Å². The summed E-state index contributed by atoms with van der Waals surface area (Å²) in [4.78, 5) is 0. The SMILES string of the molecule is Cc1cc(C)n(Cc2cccc(NC(=S)Nc3cc(Cl)ccc3Cl)c2)n1. The van der Waals surface area contributed by atoms with Gasteiger partial charge >= 0.3 is 0 Å². The van der Waals surface area contributed by atoms with Gasteiger partial charge in [0.15, 0.2) is 5.11 Å². The summed E-state index contributed by atoms with van der Waals surface area (Å²) in [5, 5.41) is 12.3. The molecule has 0 saturated heterocycles. The molecule has 3 aromatic rings. The van der Waals surface area contributed by atoms with Crippen molar-refractivity contribution in [1.29, 1.82) is 0 Å². The highest BCUT2D eigenvalue weighted by atomic mass is 35.5. The first-order valence-corrected chi connectivity index (χ1v) is 9.20. The molecule has 0 unspecified atom stereocenters. The maximum Gasteiger partial charge on any atom is 0.175 e. The predicted molar refractivity (Wildman–Crippen MR) is 114 cm³/mol. The van der Waals surface area contributed by atoms with Gasteiger partial charge in [0.1, 0.15) is 0 Å². The lowest BCUT2D eigenvalue weighted by Crippen LogP contribution is -2.19. The van der Waals surface area contributed by atoms with Crippen LogP contribution in [0.3, 0.4) is 0 Å². The fourth-order valence-corrected chi connectivity index (χ4v) is 3.20. The van der Waals surface area contributed by atoms with Crippen molar-refractivity contribution >= 4 is 51.9 Å². The zero-order valence-corrected chi connectivity index (χ0v) is 16.7. The van der Waals surface area contributed by atoms with E-state index in [1.54, 1.807) is 18.2 Å². The molecule has 0 aliphatic rings. The van der Waals surface area contributed by atoms with Crippen molar-refractivity contribution in [1.82, 2.24) is 9.78 Å². The summed E-state index contributed by atoms with van der Waals surface area (Å²) in [5.41, 5.74) is 4.83. The molecule has 1 aromatic heterocycles. The number of aromatic nitrogens is 2. The maximum absolute atomic E-state index is 6.16. The lowest BCUT2D eigenvalue weighted by Gasteiger charge is -2.13. The fourth-order valence-electron chi connectivity index (χ4n) is 2.63. The average molecular weight is 405 g/mol. The average Bonchev–Trinajstić information content (AvgIpc) is 2.88. The van der Waals surface area contributed by atoms with E-state index < -0.39 is 0 Å². The molecule has 1 heterocycles. The maximum atomic E-state index is 6.16. The number of hydrogen-bond acceptors (Lipinski definition) is 2. The highest BCUT2D eigenvalue weighted by molar-refractivity contribution is 7.80. The molecule has 0 bridgehead atoms. The molecule has 4 nitrogen and oxygen atoms in total. The largest absolute Gasteiger partial charge is 0.332 e. The van der Waals surface area contributed by atoms with Crippen molar-refractivity contribution in [2.45, 2.75) is 20.4 Å². The van der Waals surface area contributed by atoms with Gasteiger partial charge in [-0.2, -0.15) is 5.10 Å². The molecular weight excluding hydrogens is 387 g/mol. The predicted octanol–water partition coefficient (Wildman–Crippen LogP) is 5.66. The van der Waals surface area contributed by atoms with Crippen molar-refractivity contribution in [3.63, 3.8) is 0 Å². The molecule has 0 fully saturated rings. The molecule has 0 atom stereocenters. The summed E-state index contributed by atoms with van der Waals surface area (Å²) in [5.74, 6) is 0. The Morgan fingerprint density at radius 2 is 1.88 bits per heavy atom. The number of nitrogens with one attached hydrogen (secondary N) is 2. The van der Waals surface area contributed by atoms with Crippen LogP contribution >= 0.6 is 35.4 Å². The summed E-state index contributed by atoms with van der Waals surface area (Å²) in [6.45, 7) is 4.75. The minimum atomic E-state index is 0.442. The third kappa shape index (κ3) is 4.75. The minimum absolute atomic E-state index is 0.442. The van der Waals surface area contributed by atoms with Gasteiger partial charge in [-0.3, -0.25) is 4.68 Å². The first-order valence-electron chi connectivity index (χ1n) is 8.04. The number of rotatable bonds is 4. The third-order valence-corrected chi connectivity index (χ3v) is 4.57. The number of halogens is 2. The molecule has 0 amide bonds. The van der Waals surface area contributed by atoms with Gasteiger partial charge in [-0.15, -0.1) is 0 Å². The molecular formula is C19H18Cl2N4S. The number of hydrogen-bond donors (Lipinski definition) is 2. The molecule has 134 valence electrons. The van der Waals surface area contributed by atoms with Crippen molar-refractivity contribution in [3.8, 4) is 0 Å². The lowest BCUT2D eigenvalue weighted by molar-refractivity contribution is 0.659. The van der Waals surface area contributed by atoms with Crippen LogP contribution in [-0.2, 0) is 6.54 Å². The van der Waals surface area contributed by atoms with Gasteiger partial charge in [-0.25, -0.2) is 0 Å². The molecule has 26 heavy (non-hydrogen) atoms. The molecule has 0 aliphatic heterocycles. The van der Waals surface area contributed by atoms with E-state index in [1.807, 2.05) is 29.8 Å². The number of aryl methyl sites for hydroxylation is 2. The number of thiocarbonyl (C=S) groups is 1. The molecule has 0 saturated carbocycles. The van der Waals surface area contributed by atoms with Crippen LogP contribution in [0.5, 0.6) is 0 Å². The molecule has 0 aliphatic carbocycles. The zero-order valence-electron chi connectivity index (χ0n) is 14.4. The van der Waals surface area contributed by atoms with Crippen molar-refractivity contribution < 1.29 is 0 Å². The second kappa shape index (κ2) is 8.08. The summed E-state index contributed by atoms with van der Waals surface area (Å²) in [7, 11) is 0. The monoisotopic (exact) mass is 404 g/mol. The van der Waals surface area contributed by atoms with Crippen LogP contribution in [0.1, 0.15) is 17.0 Å². The number of benzene rings is 2. The summed E-state index contributed by atoms with van der Waals surface area (Å²) in [6.07, 6.45) is 0. The highest BCUT2D eigenvalue weighted by Gasteiger charge is 2.06. The van der Waals surface area contributed by atoms with Gasteiger partial charge in [0.2, 0.25) is 0 Å². The molecule has 3 rings (SSSR count). The molecule has 2 aromatic carbocycles. The van der Waals surface area contributed by atoms with Crippen LogP contribution in [0.25, 0.3) is 0 Å². The van der Waals surface area contributed by atoms with Crippen LogP contribution in [0.2, 0.25) is 10.0 Å². The van der Waals surface area contributed by atoms with Crippen LogP contribution in [0.15, 0.2) is 48.5 Å². The Kier molecular flexibility index (Phi) is 5.81. The summed E-state index contributed by atoms with van der Waals surface area (Å²) < 4.78 is 1.98. The van der Waals surface area contributed by atoms with Crippen molar-refractivity contribution in [2.75, 3.05) is 10.6 Å². The minimum Gasteiger partial charge on any atom is -0.332 e. The molecule has 0 radical (unpaired) electrons. The normalized spacial score (nSPS) is 10.6. The van der Waals surface area contributed by atoms with Crippen LogP contribution in [-0.4, -0.2) is 14.9 Å². The van der Waals surface area contributed by atoms with Gasteiger partial charge in [-0.05, 0) is 68.0 Å². The van der Waals surface area contributed by atoms with Crippen LogP contribution < -0.4 is 10.6 Å². The third-order valence-electron chi connectivity index (χ3n) is 3.80. The van der Waals surface area contributed by atoms with E-state index in [4.69, 9.17) is 35.4 Å². The topological polar surface area (TPSA) is 41.9 Å². The van der Waals surface area contributed by atoms with Crippen LogP contribution in [0, 0.1) is 13.8 Å². The quantitative estimate of drug-likeness (QED) is 0.550. The molecule has 2 N–H and O–H groups in total. The summed E-state index contributed by atoms with van der Waals surface area (Å²) in [6, 6.07) is 15.3. The van der Waals surface area contributed by atoms with Gasteiger partial charge in [0.05, 0.1) is 22.9 Å². The fraction of sp³-hybridized carbons (Fsp3) is 0.158. The Hall–Kier alpha value is -2.08. The Bertz CT molecular complexity index is 952. The van der Waals surface area contributed by atoms with Crippen molar-refractivity contribution in [3.05, 3.63) is 75.5 Å². The van der Waals surface area contributed by atoms with Crippen molar-refractivity contribution in [2.24, 2.45) is 0 Å². The smallest absolute Gasteiger partial charge is 0.175 e. The van der Waals surface area contributed by atoms with Crippen LogP contribution in [0.4, 0.5) is 11.4 Å². The first kappa shape index (κ1) is 18.7. The molecule has 0 spiro atoms. The van der Waals surface area contributed by atoms with Gasteiger partial charge in [-0.1, -0.05) is 35.3 Å². The van der Waals surface area contributed by atoms with E-state index in [2.05, 4.69) is 34.8 Å². The van der Waals surface area contributed by atoms with E-state index in [1.165, 1.54) is 0 Å².